The molecule has 0 aromatic heterocycles. The zero-order valence-electron chi connectivity index (χ0n) is 80.0. The number of fused-ring (bicyclic) bond motifs is 2. The number of allylic oxidation sites excluding steroid dienone is 2. The average Bonchev–Trinajstić information content (AvgIpc) is 1.69. The SMILES string of the molecule is CC(C)c1cc(C(C)(C)O)ccc1Cl.CC(C)c1cc(N2CCCC2)ccc1F.CC(C)c1ccc2c(c1)C(C)(C)CC2.CC(C)c1cccc(C(C)(F)F)c1.CC(C)c1cccc(C(C)C)c1.CC(C)c1cccc(N2CCCC2)c1F.CC1=CCc2ccc(C(C)C)cc21.Cc1ccc(C(C)C)cc1Cl.Cc1ccc(C(C)C)cc1OC(C)C. The maximum Gasteiger partial charge on any atom is 0.270 e. The molecule has 0 unspecified atom stereocenters. The molecule has 0 atom stereocenters. The van der Waals surface area contributed by atoms with Gasteiger partial charge in [0.25, 0.3) is 5.92 Å². The van der Waals surface area contributed by atoms with E-state index in [0.29, 0.717) is 52.8 Å². The molecule has 0 saturated carbocycles. The van der Waals surface area contributed by atoms with Crippen molar-refractivity contribution in [3.05, 3.63) is 304 Å². The van der Waals surface area contributed by atoms with Crippen molar-refractivity contribution in [2.75, 3.05) is 36.0 Å². The number of rotatable bonds is 16. The molecular weight excluding hydrogens is 1540 g/mol. The van der Waals surface area contributed by atoms with Gasteiger partial charge in [-0.1, -0.05) is 309 Å². The van der Waals surface area contributed by atoms with Crippen molar-refractivity contribution in [1.82, 2.24) is 0 Å². The van der Waals surface area contributed by atoms with Crippen molar-refractivity contribution in [3.8, 4) is 5.75 Å². The van der Waals surface area contributed by atoms with Crippen molar-refractivity contribution in [1.29, 1.82) is 0 Å². The first kappa shape index (κ1) is 104. The van der Waals surface area contributed by atoms with Crippen molar-refractivity contribution in [2.24, 2.45) is 0 Å². The Morgan fingerprint density at radius 2 is 0.868 bits per heavy atom. The van der Waals surface area contributed by atoms with Crippen LogP contribution >= 0.6 is 23.2 Å². The minimum atomic E-state index is -2.73. The zero-order valence-corrected chi connectivity index (χ0v) is 81.5. The summed E-state index contributed by atoms with van der Waals surface area (Å²) < 4.78 is 59.2. The monoisotopic (exact) mass is 1690 g/mol. The standard InChI is InChI=1S/C14H20.2C13H18FN.C13H20O.C13H16.C12H17ClO.C12H18.C11H14F2.C10H13Cl/c1-10(2)12-6-5-11-7-8-14(3,4)13(11)9-12;1-10(2)11-6-5-7-12(13(11)14)15-8-3-4-9-15;1-10(2)12-9-11(5-6-13(12)14)15-7-3-4-8-15;1-9(2)12-7-6-11(5)13(8-12)14-10(3)4;1-9(2)12-7-6-11-5-4-10(3)13(11)8-12;1-8(2)10-7-9(12(3,4)14)5-6-11(10)13;1-9(2)11-6-5-7-12(8-11)10(3)4;1-8(2)9-5-4-6-10(7-9)11(3,12)13;1-7(2)9-5-4-8(3)10(11)6-9/h5-6,9-10H,7-8H2,1-4H3;5-7,10H,3-4,8-9H2,1-2H3;5-6,9-10H,3-4,7-8H2,1-2H3;6-10H,1-5H3;4,6-9H,5H2,1-3H3;5-8,14H,1-4H3;5-10H,1-4H3;4-8H,1-3H3;4-7H,1-3H3. The number of halogens is 6. The highest BCUT2D eigenvalue weighted by Gasteiger charge is 2.30. The maximum absolute atomic E-state index is 14.1. The van der Waals surface area contributed by atoms with Crippen molar-refractivity contribution in [2.45, 2.75) is 335 Å². The van der Waals surface area contributed by atoms with Crippen LogP contribution in [0.3, 0.4) is 0 Å². The Bertz CT molecular complexity index is 4640. The lowest BCUT2D eigenvalue weighted by atomic mass is 9.85. The Labute approximate surface area is 743 Å². The predicted octanol–water partition coefficient (Wildman–Crippen LogP) is 34.1. The fraction of sp³-hybridized carbons (Fsp3) is 0.495. The molecule has 0 amide bonds. The first-order valence-corrected chi connectivity index (χ1v) is 45.9. The van der Waals surface area contributed by atoms with Gasteiger partial charge >= 0.3 is 0 Å². The van der Waals surface area contributed by atoms with Crippen LogP contribution in [0.25, 0.3) is 5.57 Å². The van der Waals surface area contributed by atoms with Gasteiger partial charge in [-0.2, -0.15) is 0 Å². The second-order valence-corrected chi connectivity index (χ2v) is 39.1. The molecule has 9 aromatic carbocycles. The minimum Gasteiger partial charge on any atom is -0.491 e. The van der Waals surface area contributed by atoms with Crippen molar-refractivity contribution >= 4 is 40.1 Å². The van der Waals surface area contributed by atoms with E-state index in [-0.39, 0.29) is 35.1 Å². The van der Waals surface area contributed by atoms with Crippen LogP contribution in [0.15, 0.2) is 182 Å². The smallest absolute Gasteiger partial charge is 0.270 e. The van der Waals surface area contributed by atoms with E-state index in [1.54, 1.807) is 43.2 Å². The minimum absolute atomic E-state index is 0.0191. The number of aryl methyl sites for hydroxylation is 3. The zero-order chi connectivity index (χ0) is 90.7. The highest BCUT2D eigenvalue weighted by atomic mass is 35.5. The number of ether oxygens (including phenoxy) is 1. The van der Waals surface area contributed by atoms with Gasteiger partial charge in [-0.05, 0) is 307 Å². The quantitative estimate of drug-likeness (QED) is 0.0978. The molecule has 0 spiro atoms. The van der Waals surface area contributed by atoms with Crippen LogP contribution in [0.5, 0.6) is 5.75 Å². The molecule has 2 heterocycles. The Morgan fingerprint density at radius 1 is 0.413 bits per heavy atom. The third-order valence-corrected chi connectivity index (χ3v) is 24.0. The summed E-state index contributed by atoms with van der Waals surface area (Å²) in [5.41, 5.74) is 24.7. The fourth-order valence-electron chi connectivity index (χ4n) is 14.7. The first-order chi connectivity index (χ1) is 56.5. The van der Waals surface area contributed by atoms with Gasteiger partial charge in [-0.25, -0.2) is 17.6 Å². The van der Waals surface area contributed by atoms with Crippen LogP contribution < -0.4 is 14.5 Å². The number of anilines is 2. The van der Waals surface area contributed by atoms with Gasteiger partial charge in [-0.3, -0.25) is 0 Å². The van der Waals surface area contributed by atoms with Crippen LogP contribution in [0, 0.1) is 25.5 Å². The molecule has 4 aliphatic rings. The van der Waals surface area contributed by atoms with Crippen molar-refractivity contribution in [3.63, 3.8) is 0 Å². The summed E-state index contributed by atoms with van der Waals surface area (Å²) in [6, 6.07) is 59.1. The van der Waals surface area contributed by atoms with Gasteiger partial charge < -0.3 is 19.6 Å². The molecule has 2 aliphatic heterocycles. The summed E-state index contributed by atoms with van der Waals surface area (Å²) in [5, 5.41) is 11.5. The lowest BCUT2D eigenvalue weighted by molar-refractivity contribution is 0.0173. The van der Waals surface area contributed by atoms with E-state index < -0.39 is 11.5 Å². The molecule has 4 nitrogen and oxygen atoms in total. The topological polar surface area (TPSA) is 35.9 Å². The number of alkyl halides is 2. The van der Waals surface area contributed by atoms with E-state index >= 15 is 0 Å². The largest absolute Gasteiger partial charge is 0.491 e. The first-order valence-electron chi connectivity index (χ1n) is 45.2. The highest BCUT2D eigenvalue weighted by Crippen LogP contribution is 2.41. The number of hydrogen-bond donors (Lipinski definition) is 1. The average molecular weight is 1700 g/mol. The Balaban J connectivity index is 0.000000242. The number of benzene rings is 9. The third-order valence-electron chi connectivity index (χ3n) is 23.3. The van der Waals surface area contributed by atoms with E-state index in [1.165, 1.54) is 106 Å². The molecule has 121 heavy (non-hydrogen) atoms. The van der Waals surface area contributed by atoms with Crippen LogP contribution in [-0.2, 0) is 29.8 Å². The van der Waals surface area contributed by atoms with Gasteiger partial charge in [0.15, 0.2) is 0 Å². The lowest BCUT2D eigenvalue weighted by Crippen LogP contribution is -2.19. The fourth-order valence-corrected chi connectivity index (χ4v) is 15.2. The summed E-state index contributed by atoms with van der Waals surface area (Å²) in [7, 11) is 0. The van der Waals surface area contributed by atoms with E-state index in [0.717, 1.165) is 94.4 Å². The summed E-state index contributed by atoms with van der Waals surface area (Å²) in [4.78, 5) is 4.49. The second-order valence-electron chi connectivity index (χ2n) is 38.3. The van der Waals surface area contributed by atoms with Crippen molar-refractivity contribution < 1.29 is 27.4 Å². The Kier molecular flexibility index (Phi) is 41.7. The van der Waals surface area contributed by atoms with Crippen LogP contribution in [0.2, 0.25) is 10.0 Å². The molecule has 2 aliphatic carbocycles. The molecule has 0 radical (unpaired) electrons. The molecule has 1 N–H and O–H groups in total. The molecule has 10 heteroatoms. The molecule has 662 valence electrons. The van der Waals surface area contributed by atoms with E-state index in [1.807, 2.05) is 109 Å². The van der Waals surface area contributed by atoms with Crippen LogP contribution in [0.4, 0.5) is 28.9 Å². The highest BCUT2D eigenvalue weighted by molar-refractivity contribution is 6.31. The summed E-state index contributed by atoms with van der Waals surface area (Å²) >= 11 is 12.0. The van der Waals surface area contributed by atoms with Crippen LogP contribution in [0.1, 0.15) is 385 Å². The number of nitrogens with zero attached hydrogens (tertiary/aromatic N) is 2. The van der Waals surface area contributed by atoms with Gasteiger partial charge in [0.2, 0.25) is 0 Å². The van der Waals surface area contributed by atoms with Gasteiger partial charge in [0.1, 0.15) is 17.4 Å². The second kappa shape index (κ2) is 48.6. The van der Waals surface area contributed by atoms with Crippen LogP contribution in [-0.4, -0.2) is 37.4 Å². The molecule has 2 fully saturated rings. The predicted molar refractivity (Wildman–Crippen MR) is 520 cm³/mol. The Morgan fingerprint density at radius 3 is 1.36 bits per heavy atom. The molecule has 2 saturated heterocycles. The third kappa shape index (κ3) is 33.1. The van der Waals surface area contributed by atoms with Gasteiger partial charge in [-0.15, -0.1) is 0 Å². The van der Waals surface area contributed by atoms with E-state index in [2.05, 4.69) is 245 Å². The normalized spacial score (nSPS) is 13.9. The number of hydrogen-bond acceptors (Lipinski definition) is 4. The number of aliphatic hydroxyl groups is 1. The summed E-state index contributed by atoms with van der Waals surface area (Å²) in [6.45, 7) is 66.9. The maximum atomic E-state index is 14.1. The molecule has 13 rings (SSSR count). The lowest BCUT2D eigenvalue weighted by Gasteiger charge is -2.20. The Hall–Kier alpha value is -7.62. The van der Waals surface area contributed by atoms with E-state index in [4.69, 9.17) is 27.9 Å². The van der Waals surface area contributed by atoms with Gasteiger partial charge in [0, 0.05) is 54.4 Å². The molecule has 0 bridgehead atoms. The summed E-state index contributed by atoms with van der Waals surface area (Å²) in [5.74, 6) is 3.08. The molecular formula is C111H154Cl2F4N2O2. The van der Waals surface area contributed by atoms with E-state index in [9.17, 15) is 22.7 Å². The molecule has 9 aromatic rings. The van der Waals surface area contributed by atoms with Gasteiger partial charge in [0.05, 0.1) is 17.4 Å². The summed E-state index contributed by atoms with van der Waals surface area (Å²) in [6.07, 6.45) is 11.1.